The van der Waals surface area contributed by atoms with E-state index in [9.17, 15) is 0 Å². The molecule has 5 heteroatoms. The summed E-state index contributed by atoms with van der Waals surface area (Å²) in [5.74, 6) is 1.86. The first-order valence-corrected chi connectivity index (χ1v) is 24.2. The van der Waals surface area contributed by atoms with Crippen molar-refractivity contribution < 1.29 is 0 Å². The van der Waals surface area contributed by atoms with Gasteiger partial charge in [0.05, 0.1) is 16.8 Å². The molecule has 1 spiro atoms. The first-order chi connectivity index (χ1) is 34.6. The SMILES string of the molecule is CC1(c2cccc(N(c3ccccc3)c3ccccc3)c2)C=Cc2c(c3c(n2-c2nc(-c4ccccc4)nc(-c4ccc5ccccc5c4)n2)-c2ccccc2C32c3ccccc3-c3ccccc32)C1. The second kappa shape index (κ2) is 15.6. The fraction of sp³-hybridized carbons (Fsp3) is 0.0615. The number of rotatable bonds is 7. The zero-order chi connectivity index (χ0) is 46.4. The van der Waals surface area contributed by atoms with Gasteiger partial charge in [-0.05, 0) is 105 Å². The molecule has 9 aromatic carbocycles. The van der Waals surface area contributed by atoms with Crippen LogP contribution in [-0.2, 0) is 17.3 Å². The average molecular weight is 896 g/mol. The van der Waals surface area contributed by atoms with Crippen LogP contribution < -0.4 is 4.90 Å². The molecule has 0 N–H and O–H groups in total. The van der Waals surface area contributed by atoms with E-state index in [4.69, 9.17) is 15.0 Å². The lowest BCUT2D eigenvalue weighted by molar-refractivity contribution is 0.579. The Labute approximate surface area is 407 Å². The van der Waals surface area contributed by atoms with Crippen molar-refractivity contribution in [3.63, 3.8) is 0 Å². The molecule has 0 radical (unpaired) electrons. The standard InChI is InChI=1S/C65H45N5/c1-64(47-24-19-29-50(41-47)69(48-25-7-3-8-26-48)49-27-9-4-10-28-49)39-38-58-54(42-64)59-60(53-32-15-18-35-57(53)65(59)55-33-16-13-30-51(55)52-31-14-17-34-56(52)65)70(58)63-67-61(44-21-5-2-6-22-44)66-62(68-63)46-37-36-43-20-11-12-23-45(43)40-46/h2-41H,42H2,1H3. The van der Waals surface area contributed by atoms with E-state index in [2.05, 4.69) is 253 Å². The first-order valence-electron chi connectivity index (χ1n) is 24.2. The van der Waals surface area contributed by atoms with Crippen molar-refractivity contribution in [2.45, 2.75) is 24.2 Å². The van der Waals surface area contributed by atoms with E-state index >= 15 is 0 Å². The third kappa shape index (κ3) is 5.94. The van der Waals surface area contributed by atoms with Crippen molar-refractivity contribution in [2.75, 3.05) is 4.90 Å². The first kappa shape index (κ1) is 40.2. The molecule has 0 aliphatic heterocycles. The summed E-state index contributed by atoms with van der Waals surface area (Å²) in [6.07, 6.45) is 5.54. The number of anilines is 3. The van der Waals surface area contributed by atoms with E-state index in [0.29, 0.717) is 17.6 Å². The molecule has 2 heterocycles. The Bertz CT molecular complexity index is 3810. The Balaban J connectivity index is 1.04. The van der Waals surface area contributed by atoms with Gasteiger partial charge in [0.15, 0.2) is 11.6 Å². The van der Waals surface area contributed by atoms with Crippen LogP contribution in [-0.4, -0.2) is 19.5 Å². The quantitative estimate of drug-likeness (QED) is 0.160. The Morgan fingerprint density at radius 2 is 1.00 bits per heavy atom. The van der Waals surface area contributed by atoms with Gasteiger partial charge in [0.1, 0.15) is 0 Å². The third-order valence-electron chi connectivity index (χ3n) is 15.0. The molecule has 330 valence electrons. The van der Waals surface area contributed by atoms with Gasteiger partial charge in [-0.1, -0.05) is 201 Å². The maximum absolute atomic E-state index is 5.53. The third-order valence-corrected chi connectivity index (χ3v) is 15.0. The molecular formula is C65H45N5. The van der Waals surface area contributed by atoms with Crippen molar-refractivity contribution >= 4 is 33.9 Å². The van der Waals surface area contributed by atoms with Crippen LogP contribution in [0.4, 0.5) is 17.1 Å². The highest BCUT2D eigenvalue weighted by Gasteiger charge is 2.56. The molecule has 3 aliphatic rings. The van der Waals surface area contributed by atoms with E-state index in [1.54, 1.807) is 0 Å². The molecule has 0 saturated heterocycles. The Hall–Kier alpha value is -8.93. The number of hydrogen-bond donors (Lipinski definition) is 0. The second-order valence-electron chi connectivity index (χ2n) is 19.0. The lowest BCUT2D eigenvalue weighted by atomic mass is 9.66. The molecule has 1 atom stereocenters. The predicted molar refractivity (Wildman–Crippen MR) is 285 cm³/mol. The fourth-order valence-corrected chi connectivity index (χ4v) is 11.9. The smallest absolute Gasteiger partial charge is 0.238 e. The minimum atomic E-state index is -0.587. The number of aromatic nitrogens is 4. The van der Waals surface area contributed by atoms with Crippen LogP contribution in [0, 0.1) is 0 Å². The van der Waals surface area contributed by atoms with E-state index in [1.807, 2.05) is 6.07 Å². The number of benzene rings is 9. The van der Waals surface area contributed by atoms with Crippen LogP contribution >= 0.6 is 0 Å². The number of allylic oxidation sites excluding steroid dienone is 1. The van der Waals surface area contributed by atoms with E-state index < -0.39 is 5.41 Å². The van der Waals surface area contributed by atoms with Crippen molar-refractivity contribution in [3.8, 4) is 51.1 Å². The van der Waals surface area contributed by atoms with Gasteiger partial charge in [-0.15, -0.1) is 0 Å². The highest BCUT2D eigenvalue weighted by Crippen LogP contribution is 2.65. The summed E-state index contributed by atoms with van der Waals surface area (Å²) in [6, 6.07) is 83.0. The van der Waals surface area contributed by atoms with Crippen LogP contribution in [0.5, 0.6) is 0 Å². The lowest BCUT2D eigenvalue weighted by Gasteiger charge is -2.36. The van der Waals surface area contributed by atoms with Gasteiger partial charge < -0.3 is 4.90 Å². The molecule has 0 saturated carbocycles. The minimum absolute atomic E-state index is 0.389. The molecule has 5 nitrogen and oxygen atoms in total. The average Bonchev–Trinajstić information content (AvgIpc) is 4.03. The zero-order valence-electron chi connectivity index (χ0n) is 38.5. The van der Waals surface area contributed by atoms with Gasteiger partial charge in [-0.25, -0.2) is 4.98 Å². The van der Waals surface area contributed by atoms with Gasteiger partial charge >= 0.3 is 0 Å². The molecule has 70 heavy (non-hydrogen) atoms. The van der Waals surface area contributed by atoms with Gasteiger partial charge in [0.25, 0.3) is 0 Å². The summed E-state index contributed by atoms with van der Waals surface area (Å²) in [7, 11) is 0. The summed E-state index contributed by atoms with van der Waals surface area (Å²) < 4.78 is 2.37. The highest BCUT2D eigenvalue weighted by molar-refractivity contribution is 5.97. The van der Waals surface area contributed by atoms with Crippen LogP contribution in [0.25, 0.3) is 68.0 Å². The van der Waals surface area contributed by atoms with Gasteiger partial charge in [-0.2, -0.15) is 9.97 Å². The van der Waals surface area contributed by atoms with Gasteiger partial charge in [0, 0.05) is 44.7 Å². The highest BCUT2D eigenvalue weighted by atomic mass is 15.2. The maximum Gasteiger partial charge on any atom is 0.238 e. The zero-order valence-corrected chi connectivity index (χ0v) is 38.5. The Morgan fingerprint density at radius 1 is 0.457 bits per heavy atom. The summed E-state index contributed by atoms with van der Waals surface area (Å²) in [6.45, 7) is 2.41. The van der Waals surface area contributed by atoms with E-state index in [-0.39, 0.29) is 5.41 Å². The molecule has 11 aromatic rings. The van der Waals surface area contributed by atoms with Crippen LogP contribution in [0.15, 0.2) is 237 Å². The predicted octanol–water partition coefficient (Wildman–Crippen LogP) is 15.5. The number of hydrogen-bond acceptors (Lipinski definition) is 4. The van der Waals surface area contributed by atoms with Crippen LogP contribution in [0.1, 0.15) is 46.0 Å². The number of para-hydroxylation sites is 2. The van der Waals surface area contributed by atoms with Crippen molar-refractivity contribution in [1.29, 1.82) is 0 Å². The lowest BCUT2D eigenvalue weighted by Crippen LogP contribution is -2.31. The van der Waals surface area contributed by atoms with Gasteiger partial charge in [-0.3, -0.25) is 4.57 Å². The topological polar surface area (TPSA) is 46.8 Å². The number of fused-ring (bicyclic) bond motifs is 13. The molecule has 0 bridgehead atoms. The molecule has 2 aromatic heterocycles. The normalized spacial score (nSPS) is 15.6. The van der Waals surface area contributed by atoms with Crippen molar-refractivity contribution in [3.05, 3.63) is 276 Å². The summed E-state index contributed by atoms with van der Waals surface area (Å²) in [5.41, 5.74) is 17.9. The summed E-state index contributed by atoms with van der Waals surface area (Å²) in [5, 5.41) is 2.31. The molecule has 14 rings (SSSR count). The van der Waals surface area contributed by atoms with Crippen LogP contribution in [0.2, 0.25) is 0 Å². The van der Waals surface area contributed by atoms with Crippen molar-refractivity contribution in [2.24, 2.45) is 0 Å². The minimum Gasteiger partial charge on any atom is -0.310 e. The van der Waals surface area contributed by atoms with Crippen LogP contribution in [0.3, 0.4) is 0 Å². The molecule has 1 unspecified atom stereocenters. The van der Waals surface area contributed by atoms with Gasteiger partial charge in [0.2, 0.25) is 5.95 Å². The Kier molecular flexibility index (Phi) is 8.93. The molecule has 0 amide bonds. The summed E-state index contributed by atoms with van der Waals surface area (Å²) >= 11 is 0. The molecule has 3 aliphatic carbocycles. The second-order valence-corrected chi connectivity index (χ2v) is 19.0. The summed E-state index contributed by atoms with van der Waals surface area (Å²) in [4.78, 5) is 18.6. The fourth-order valence-electron chi connectivity index (χ4n) is 11.9. The molecule has 0 fully saturated rings. The molecular weight excluding hydrogens is 851 g/mol. The van der Waals surface area contributed by atoms with E-state index in [0.717, 1.165) is 51.4 Å². The maximum atomic E-state index is 5.53. The van der Waals surface area contributed by atoms with Crippen molar-refractivity contribution in [1.82, 2.24) is 19.5 Å². The largest absolute Gasteiger partial charge is 0.310 e. The van der Waals surface area contributed by atoms with E-state index in [1.165, 1.54) is 55.5 Å². The number of nitrogens with zero attached hydrogens (tertiary/aromatic N) is 5. The monoisotopic (exact) mass is 895 g/mol. The Morgan fingerprint density at radius 3 is 1.67 bits per heavy atom.